The molecule has 4 rings (SSSR count). The first kappa shape index (κ1) is 40.9. The number of carbonyl (C=O) groups excluding carboxylic acids is 1. The van der Waals surface area contributed by atoms with Crippen molar-refractivity contribution in [1.29, 1.82) is 0 Å². The predicted molar refractivity (Wildman–Crippen MR) is 185 cm³/mol. The van der Waals surface area contributed by atoms with Gasteiger partial charge in [0.2, 0.25) is 0 Å². The van der Waals surface area contributed by atoms with E-state index in [1.54, 1.807) is 21.0 Å². The largest absolute Gasteiger partial charge is 0.461 e. The second kappa shape index (κ2) is 15.6. The van der Waals surface area contributed by atoms with Crippen molar-refractivity contribution in [3.05, 3.63) is 0 Å². The van der Waals surface area contributed by atoms with E-state index >= 15 is 0 Å². The fraction of sp³-hybridized carbons (Fsp3) is 0.974. The van der Waals surface area contributed by atoms with Crippen molar-refractivity contribution in [2.45, 2.75) is 181 Å². The van der Waals surface area contributed by atoms with Crippen molar-refractivity contribution in [3.8, 4) is 0 Å². The molecule has 0 amide bonds. The van der Waals surface area contributed by atoms with Crippen molar-refractivity contribution >= 4 is 5.97 Å². The van der Waals surface area contributed by atoms with Crippen LogP contribution in [0.1, 0.15) is 108 Å². The predicted octanol–water partition coefficient (Wildman–Crippen LogP) is 5.13. The molecule has 4 aliphatic rings. The zero-order chi connectivity index (χ0) is 36.8. The Balaban J connectivity index is 1.72. The molecule has 2 N–H and O–H groups in total. The van der Waals surface area contributed by atoms with Crippen LogP contribution in [0.25, 0.3) is 0 Å². The highest BCUT2D eigenvalue weighted by molar-refractivity contribution is 5.73. The lowest BCUT2D eigenvalue weighted by atomic mass is 9.77. The van der Waals surface area contributed by atoms with Crippen LogP contribution in [0.15, 0.2) is 0 Å². The zero-order valence-corrected chi connectivity index (χ0v) is 32.8. The minimum atomic E-state index is -0.899. The number of rotatable bonds is 12. The molecule has 3 aliphatic heterocycles. The molecule has 11 nitrogen and oxygen atoms in total. The first-order valence-electron chi connectivity index (χ1n) is 18.8. The van der Waals surface area contributed by atoms with E-state index in [2.05, 4.69) is 34.6 Å². The Kier molecular flexibility index (Phi) is 13.0. The van der Waals surface area contributed by atoms with E-state index in [0.29, 0.717) is 12.3 Å². The van der Waals surface area contributed by atoms with Gasteiger partial charge in [0.25, 0.3) is 0 Å². The maximum atomic E-state index is 14.3. The summed E-state index contributed by atoms with van der Waals surface area (Å²) < 4.78 is 32.5. The highest BCUT2D eigenvalue weighted by Gasteiger charge is 2.62. The summed E-state index contributed by atoms with van der Waals surface area (Å²) in [7, 11) is 5.46. The Labute approximate surface area is 295 Å². The average Bonchev–Trinajstić information content (AvgIpc) is 3.61. The third-order valence-corrected chi connectivity index (χ3v) is 12.9. The fourth-order valence-corrected chi connectivity index (χ4v) is 9.61. The smallest absolute Gasteiger partial charge is 0.311 e. The van der Waals surface area contributed by atoms with Crippen molar-refractivity contribution in [2.24, 2.45) is 35.0 Å². The summed E-state index contributed by atoms with van der Waals surface area (Å²) in [5.74, 6) is -0.795. The van der Waals surface area contributed by atoms with Gasteiger partial charge in [-0.25, -0.2) is 9.78 Å². The number of esters is 1. The van der Waals surface area contributed by atoms with Crippen molar-refractivity contribution < 1.29 is 48.5 Å². The van der Waals surface area contributed by atoms with Gasteiger partial charge in [-0.05, 0) is 86.7 Å². The topological polar surface area (TPSA) is 125 Å². The highest BCUT2D eigenvalue weighted by atomic mass is 17.2. The van der Waals surface area contributed by atoms with E-state index in [1.807, 2.05) is 46.7 Å². The highest BCUT2D eigenvalue weighted by Crippen LogP contribution is 2.60. The van der Waals surface area contributed by atoms with Gasteiger partial charge in [-0.3, -0.25) is 4.79 Å². The van der Waals surface area contributed by atoms with Crippen LogP contribution in [0.2, 0.25) is 0 Å². The Morgan fingerprint density at radius 1 is 1.02 bits per heavy atom. The number of nitrogens with zero attached hydrogens (tertiary/aromatic N) is 1. The van der Waals surface area contributed by atoms with Crippen LogP contribution >= 0.6 is 0 Å². The Morgan fingerprint density at radius 2 is 1.67 bits per heavy atom. The molecule has 286 valence electrons. The maximum absolute atomic E-state index is 14.3. The van der Waals surface area contributed by atoms with Gasteiger partial charge >= 0.3 is 5.97 Å². The lowest BCUT2D eigenvalue weighted by molar-refractivity contribution is -0.390. The lowest BCUT2D eigenvalue weighted by Crippen LogP contribution is -2.58. The van der Waals surface area contributed by atoms with E-state index in [9.17, 15) is 15.0 Å². The summed E-state index contributed by atoms with van der Waals surface area (Å²) in [6, 6.07) is -0.124. The summed E-state index contributed by atoms with van der Waals surface area (Å²) in [4.78, 5) is 29.0. The monoisotopic (exact) mass is 699 g/mol. The molecule has 0 spiro atoms. The van der Waals surface area contributed by atoms with Crippen LogP contribution in [-0.2, 0) is 38.3 Å². The van der Waals surface area contributed by atoms with E-state index < -0.39 is 59.8 Å². The van der Waals surface area contributed by atoms with Crippen LogP contribution in [0, 0.1) is 35.0 Å². The van der Waals surface area contributed by atoms with Crippen molar-refractivity contribution in [3.63, 3.8) is 0 Å². The molecule has 0 aromatic rings. The summed E-state index contributed by atoms with van der Waals surface area (Å²) >= 11 is 0. The molecule has 0 radical (unpaired) electrons. The Hall–Kier alpha value is -0.890. The van der Waals surface area contributed by atoms with Gasteiger partial charge in [0.05, 0.1) is 47.6 Å². The summed E-state index contributed by atoms with van der Waals surface area (Å²) in [6.45, 7) is 22.2. The van der Waals surface area contributed by atoms with Crippen molar-refractivity contribution in [1.82, 2.24) is 4.90 Å². The third-order valence-electron chi connectivity index (χ3n) is 12.9. The molecule has 0 aromatic heterocycles. The molecule has 3 saturated heterocycles. The number of likely N-dealkylation sites (N-methyl/N-ethyl adjacent to an activating group) is 1. The molecule has 18 atom stereocenters. The summed E-state index contributed by atoms with van der Waals surface area (Å²) in [5.41, 5.74) is -1.79. The minimum absolute atomic E-state index is 0.0406. The number of aliphatic hydroxyl groups excluding tert-OH is 2. The van der Waals surface area contributed by atoms with E-state index in [-0.39, 0.29) is 54.0 Å². The summed E-state index contributed by atoms with van der Waals surface area (Å²) in [6.07, 6.45) is -1.27. The number of ether oxygens (including phenoxy) is 5. The summed E-state index contributed by atoms with van der Waals surface area (Å²) in [5, 5.41) is 21.3. The first-order chi connectivity index (χ1) is 22.7. The number of carbonyl (C=O) groups is 1. The molecule has 4 fully saturated rings. The zero-order valence-electron chi connectivity index (χ0n) is 32.8. The maximum Gasteiger partial charge on any atom is 0.311 e. The molecule has 3 heterocycles. The van der Waals surface area contributed by atoms with Gasteiger partial charge in [-0.2, -0.15) is 0 Å². The van der Waals surface area contributed by atoms with Gasteiger partial charge < -0.3 is 38.8 Å². The number of cyclic esters (lactones) is 1. The van der Waals surface area contributed by atoms with Crippen LogP contribution in [0.3, 0.4) is 0 Å². The molecule has 11 heteroatoms. The average molecular weight is 700 g/mol. The van der Waals surface area contributed by atoms with E-state index in [0.717, 1.165) is 19.3 Å². The second-order valence-corrected chi connectivity index (χ2v) is 17.2. The molecule has 49 heavy (non-hydrogen) atoms. The third kappa shape index (κ3) is 8.36. The standard InChI is InChI=1S/C38H69NO10/c1-15-27-18-36(27,9)33-22(4)30-20(2)17-38(11,47-30)34(49-48-21(3)16-28(25(7)40)39(12)13)23(5)31(24(6)35(42)46-33)45-29-19-37(10,43-14)32(41)26(8)44-29/h20-34,40-41H,15-19H2,1-14H3/t20?,21?,22-,23-,24+,25?,26?,27+,28?,29-,30?,31-,32-,33+,34+,36+,37?,38+/m0/s1. The van der Waals surface area contributed by atoms with Crippen LogP contribution < -0.4 is 0 Å². The fourth-order valence-electron chi connectivity index (χ4n) is 9.61. The van der Waals surface area contributed by atoms with Gasteiger partial charge in [-0.15, -0.1) is 0 Å². The first-order valence-corrected chi connectivity index (χ1v) is 18.8. The Bertz CT molecular complexity index is 1100. The van der Waals surface area contributed by atoms with Gasteiger partial charge in [0.15, 0.2) is 6.29 Å². The molecule has 0 aromatic carbocycles. The number of methoxy groups -OCH3 is 1. The lowest BCUT2D eigenvalue weighted by Gasteiger charge is -2.46. The van der Waals surface area contributed by atoms with Crippen LogP contribution in [0.5, 0.6) is 0 Å². The normalized spacial score (nSPS) is 48.1. The molecular weight excluding hydrogens is 630 g/mol. The quantitative estimate of drug-likeness (QED) is 0.160. The van der Waals surface area contributed by atoms with Gasteiger partial charge in [-0.1, -0.05) is 41.0 Å². The minimum Gasteiger partial charge on any atom is -0.461 e. The molecular formula is C38H69NO10. The van der Waals surface area contributed by atoms with Gasteiger partial charge in [0.1, 0.15) is 18.3 Å². The van der Waals surface area contributed by atoms with Crippen LogP contribution in [0.4, 0.5) is 0 Å². The van der Waals surface area contributed by atoms with Crippen LogP contribution in [-0.4, -0.2) is 115 Å². The van der Waals surface area contributed by atoms with Gasteiger partial charge in [0, 0.05) is 36.8 Å². The SMILES string of the molecule is CC[C@@H]1C[C@@]1(C)[C@@H]1OC(=O)[C@H](C)[C@@H](O[C@H]2CC(C)(OC)[C@@H](O)C(C)O2)[C@H](C)[C@@H](OOC(C)CC(C(C)O)N(C)C)[C@@]2(C)CC(C)C(O2)[C@@H]1C. The number of hydrogen-bond acceptors (Lipinski definition) is 11. The Morgan fingerprint density at radius 3 is 2.22 bits per heavy atom. The molecule has 2 bridgehead atoms. The number of fused-ring (bicyclic) bond motifs is 2. The van der Waals surface area contributed by atoms with Crippen molar-refractivity contribution in [2.75, 3.05) is 21.2 Å². The molecule has 1 saturated carbocycles. The number of aliphatic hydroxyl groups is 2. The molecule has 7 unspecified atom stereocenters. The van der Waals surface area contributed by atoms with E-state index in [1.165, 1.54) is 0 Å². The molecule has 1 aliphatic carbocycles. The number of hydrogen-bond donors (Lipinski definition) is 2. The van der Waals surface area contributed by atoms with E-state index in [4.69, 9.17) is 33.5 Å². The second-order valence-electron chi connectivity index (χ2n) is 17.2.